The molecule has 6 aromatic carbocycles. The number of aromatic nitrogens is 3. The molecule has 0 fully saturated rings. The minimum atomic E-state index is 1.18. The molecule has 0 saturated heterocycles. The fraction of sp³-hybridized carbons (Fsp3) is 0. The van der Waals surface area contributed by atoms with Crippen LogP contribution in [-0.2, 0) is 0 Å². The summed E-state index contributed by atoms with van der Waals surface area (Å²) in [7, 11) is 0. The summed E-state index contributed by atoms with van der Waals surface area (Å²) in [5.74, 6) is 0. The van der Waals surface area contributed by atoms with E-state index >= 15 is 0 Å². The lowest BCUT2D eigenvalue weighted by Gasteiger charge is -2.04. The second-order valence-corrected chi connectivity index (χ2v) is 10.3. The Hall–Kier alpha value is -5.02. The van der Waals surface area contributed by atoms with Gasteiger partial charge in [0, 0.05) is 43.2 Å². The third-order valence-electron chi connectivity index (χ3n) is 8.55. The van der Waals surface area contributed by atoms with Gasteiger partial charge in [0.25, 0.3) is 0 Å². The standard InChI is InChI=1S/C34H19N3/c1-3-9-26-20(7-1)22-17-18-25-24-16-14-19-13-15-23-21-8-2-4-10-27(21)36-28-11-5-6-12-29(28)37(34(25)31(22)35-26)33(24)30(19)32(23)36/h1-18,35H. The van der Waals surface area contributed by atoms with Crippen molar-refractivity contribution in [1.82, 2.24) is 13.8 Å². The first kappa shape index (κ1) is 18.3. The first-order valence-corrected chi connectivity index (χ1v) is 12.8. The molecule has 10 aromatic rings. The molecule has 0 saturated carbocycles. The Kier molecular flexibility index (Phi) is 2.98. The highest BCUT2D eigenvalue weighted by molar-refractivity contribution is 6.32. The van der Waals surface area contributed by atoms with E-state index in [0.717, 1.165) is 0 Å². The summed E-state index contributed by atoms with van der Waals surface area (Å²) in [6.45, 7) is 0. The zero-order chi connectivity index (χ0) is 23.8. The number of para-hydroxylation sites is 4. The molecule has 0 aliphatic rings. The maximum atomic E-state index is 3.79. The summed E-state index contributed by atoms with van der Waals surface area (Å²) < 4.78 is 5.02. The first-order chi connectivity index (χ1) is 18.4. The van der Waals surface area contributed by atoms with Crippen molar-refractivity contribution in [2.75, 3.05) is 0 Å². The highest BCUT2D eigenvalue weighted by atomic mass is 15.0. The van der Waals surface area contributed by atoms with E-state index in [-0.39, 0.29) is 0 Å². The van der Waals surface area contributed by atoms with Crippen molar-refractivity contribution in [3.8, 4) is 0 Å². The van der Waals surface area contributed by atoms with Crippen molar-refractivity contribution in [1.29, 1.82) is 0 Å². The summed E-state index contributed by atoms with van der Waals surface area (Å²) in [6, 6.07) is 40.2. The molecule has 3 nitrogen and oxygen atoms in total. The van der Waals surface area contributed by atoms with Gasteiger partial charge in [-0.05, 0) is 29.7 Å². The van der Waals surface area contributed by atoms with E-state index in [2.05, 4.69) is 123 Å². The Bertz CT molecular complexity index is 2570. The Morgan fingerprint density at radius 2 is 0.973 bits per heavy atom. The number of aromatic amines is 1. The summed E-state index contributed by atoms with van der Waals surface area (Å²) in [4.78, 5) is 3.79. The van der Waals surface area contributed by atoms with E-state index in [1.165, 1.54) is 87.2 Å². The quantitative estimate of drug-likeness (QED) is 0.229. The van der Waals surface area contributed by atoms with Crippen molar-refractivity contribution >= 4 is 87.2 Å². The maximum absolute atomic E-state index is 3.79. The smallest absolute Gasteiger partial charge is 0.0784 e. The normalized spacial score (nSPS) is 12.9. The van der Waals surface area contributed by atoms with Crippen molar-refractivity contribution in [2.45, 2.75) is 0 Å². The lowest BCUT2D eigenvalue weighted by molar-refractivity contribution is 1.32. The molecule has 4 aromatic heterocycles. The zero-order valence-electron chi connectivity index (χ0n) is 19.8. The third kappa shape index (κ3) is 1.97. The Balaban J connectivity index is 1.67. The molecule has 0 atom stereocenters. The van der Waals surface area contributed by atoms with Crippen LogP contribution in [0.4, 0.5) is 0 Å². The van der Waals surface area contributed by atoms with Crippen molar-refractivity contribution in [2.24, 2.45) is 0 Å². The molecule has 0 aliphatic carbocycles. The molecular formula is C34H19N3. The van der Waals surface area contributed by atoms with Crippen LogP contribution in [-0.4, -0.2) is 13.8 Å². The van der Waals surface area contributed by atoms with E-state index in [9.17, 15) is 0 Å². The van der Waals surface area contributed by atoms with Gasteiger partial charge < -0.3 is 13.8 Å². The summed E-state index contributed by atoms with van der Waals surface area (Å²) >= 11 is 0. The predicted octanol–water partition coefficient (Wildman–Crippen LogP) is 9.03. The van der Waals surface area contributed by atoms with Crippen molar-refractivity contribution in [3.05, 3.63) is 109 Å². The molecule has 3 heteroatoms. The topological polar surface area (TPSA) is 24.6 Å². The highest BCUT2D eigenvalue weighted by Gasteiger charge is 2.22. The van der Waals surface area contributed by atoms with E-state index in [1.54, 1.807) is 0 Å². The molecule has 170 valence electrons. The monoisotopic (exact) mass is 469 g/mol. The second kappa shape index (κ2) is 6.03. The van der Waals surface area contributed by atoms with Crippen LogP contribution in [0, 0.1) is 0 Å². The minimum Gasteiger partial charge on any atom is -0.353 e. The number of fused-ring (bicyclic) bond motifs is 13. The fourth-order valence-corrected chi connectivity index (χ4v) is 7.10. The largest absolute Gasteiger partial charge is 0.353 e. The van der Waals surface area contributed by atoms with Gasteiger partial charge in [0.1, 0.15) is 0 Å². The van der Waals surface area contributed by atoms with Crippen LogP contribution < -0.4 is 0 Å². The average molecular weight is 470 g/mol. The second-order valence-electron chi connectivity index (χ2n) is 10.3. The molecule has 1 N–H and O–H groups in total. The lowest BCUT2D eigenvalue weighted by atomic mass is 10.0. The Morgan fingerprint density at radius 3 is 1.81 bits per heavy atom. The molecule has 0 aliphatic heterocycles. The number of H-pyrrole nitrogens is 1. The SMILES string of the molecule is c1ccc2c(c1)[nH]c1c2ccc2c3ccc4ccc5c6ccccc6n6c7ccccc7n(c21)c3c4c56. The van der Waals surface area contributed by atoms with Crippen LogP contribution in [0.25, 0.3) is 87.2 Å². The van der Waals surface area contributed by atoms with Crippen LogP contribution in [0.2, 0.25) is 0 Å². The molecule has 0 unspecified atom stereocenters. The number of rotatable bonds is 0. The van der Waals surface area contributed by atoms with Crippen LogP contribution in [0.15, 0.2) is 109 Å². The van der Waals surface area contributed by atoms with Gasteiger partial charge in [-0.15, -0.1) is 0 Å². The number of nitrogens with zero attached hydrogens (tertiary/aromatic N) is 2. The van der Waals surface area contributed by atoms with Crippen LogP contribution in [0.1, 0.15) is 0 Å². The Labute approximate surface area is 210 Å². The van der Waals surface area contributed by atoms with Gasteiger partial charge in [0.2, 0.25) is 0 Å². The molecule has 4 heterocycles. The predicted molar refractivity (Wildman–Crippen MR) is 156 cm³/mol. The molecule has 10 rings (SSSR count). The maximum Gasteiger partial charge on any atom is 0.0784 e. The number of hydrogen-bond acceptors (Lipinski definition) is 0. The van der Waals surface area contributed by atoms with Gasteiger partial charge in [-0.3, -0.25) is 0 Å². The minimum absolute atomic E-state index is 1.18. The number of benzene rings is 6. The molecule has 0 amide bonds. The van der Waals surface area contributed by atoms with Gasteiger partial charge in [-0.2, -0.15) is 0 Å². The van der Waals surface area contributed by atoms with Crippen LogP contribution in [0.3, 0.4) is 0 Å². The van der Waals surface area contributed by atoms with Crippen molar-refractivity contribution < 1.29 is 0 Å². The van der Waals surface area contributed by atoms with Crippen molar-refractivity contribution in [3.63, 3.8) is 0 Å². The van der Waals surface area contributed by atoms with Crippen LogP contribution >= 0.6 is 0 Å². The van der Waals surface area contributed by atoms with E-state index in [4.69, 9.17) is 0 Å². The average Bonchev–Trinajstić information content (AvgIpc) is 3.57. The lowest BCUT2D eigenvalue weighted by Crippen LogP contribution is -1.88. The first-order valence-electron chi connectivity index (χ1n) is 12.8. The molecular weight excluding hydrogens is 450 g/mol. The molecule has 0 spiro atoms. The summed E-state index contributed by atoms with van der Waals surface area (Å²) in [5.41, 5.74) is 9.88. The highest BCUT2D eigenvalue weighted by Crippen LogP contribution is 2.44. The van der Waals surface area contributed by atoms with Gasteiger partial charge in [0.15, 0.2) is 0 Å². The fourth-order valence-electron chi connectivity index (χ4n) is 7.10. The van der Waals surface area contributed by atoms with Gasteiger partial charge in [-0.1, -0.05) is 84.9 Å². The van der Waals surface area contributed by atoms with Gasteiger partial charge in [0.05, 0.1) is 38.6 Å². The summed E-state index contributed by atoms with van der Waals surface area (Å²) in [6.07, 6.45) is 0. The summed E-state index contributed by atoms with van der Waals surface area (Å²) in [5, 5.41) is 10.3. The third-order valence-corrected chi connectivity index (χ3v) is 8.55. The van der Waals surface area contributed by atoms with Crippen LogP contribution in [0.5, 0.6) is 0 Å². The number of nitrogens with one attached hydrogen (secondary N) is 1. The van der Waals surface area contributed by atoms with Gasteiger partial charge in [-0.25, -0.2) is 0 Å². The van der Waals surface area contributed by atoms with E-state index in [0.29, 0.717) is 0 Å². The molecule has 0 radical (unpaired) electrons. The number of hydrogen-bond donors (Lipinski definition) is 1. The Morgan fingerprint density at radius 1 is 0.405 bits per heavy atom. The zero-order valence-corrected chi connectivity index (χ0v) is 19.8. The van der Waals surface area contributed by atoms with E-state index in [1.807, 2.05) is 0 Å². The van der Waals surface area contributed by atoms with Gasteiger partial charge >= 0.3 is 0 Å². The van der Waals surface area contributed by atoms with E-state index < -0.39 is 0 Å². The molecule has 0 bridgehead atoms. The molecule has 37 heavy (non-hydrogen) atoms.